The molecule has 7 heteroatoms. The van der Waals surface area contributed by atoms with Gasteiger partial charge in [-0.2, -0.15) is 0 Å². The maximum Gasteiger partial charge on any atom is 0.164 e. The van der Waals surface area contributed by atoms with Crippen molar-refractivity contribution in [2.45, 2.75) is 0 Å². The average molecular weight is 481 g/mol. The first-order valence-electron chi connectivity index (χ1n) is 11.7. The van der Waals surface area contributed by atoms with E-state index in [0.717, 1.165) is 22.3 Å². The second-order valence-corrected chi connectivity index (χ2v) is 8.15. The van der Waals surface area contributed by atoms with Crippen LogP contribution in [-0.2, 0) is 0 Å². The Labute approximate surface area is 213 Å². The van der Waals surface area contributed by atoms with E-state index >= 15 is 0 Å². The number of hydrogen-bond acceptors (Lipinski definition) is 7. The monoisotopic (exact) mass is 480 g/mol. The zero-order valence-corrected chi connectivity index (χ0v) is 19.6. The van der Waals surface area contributed by atoms with Gasteiger partial charge in [-0.05, 0) is 48.5 Å². The molecule has 6 aromatic rings. The summed E-state index contributed by atoms with van der Waals surface area (Å²) in [5.41, 5.74) is 3.63. The molecule has 0 unspecified atom stereocenters. The fraction of sp³-hybridized carbons (Fsp3) is 0. The van der Waals surface area contributed by atoms with Crippen LogP contribution in [0.5, 0.6) is 11.5 Å². The Morgan fingerprint density at radius 1 is 0.378 bits per heavy atom. The van der Waals surface area contributed by atoms with E-state index < -0.39 is 0 Å². The molecule has 0 aliphatic carbocycles. The standard InChI is InChI=1S/C30H20N6O/c1-3-7-21(8-4-1)28-34-29(22-9-5-2-6-10-22)36-30(35-28)24-13-17-26(18-14-24)37-25-15-11-23(12-16-25)27-32-19-31-20-33-27/h1-20H. The highest BCUT2D eigenvalue weighted by molar-refractivity contribution is 5.66. The van der Waals surface area contributed by atoms with Crippen molar-refractivity contribution in [1.29, 1.82) is 0 Å². The Morgan fingerprint density at radius 2 is 0.757 bits per heavy atom. The highest BCUT2D eigenvalue weighted by Gasteiger charge is 2.12. The van der Waals surface area contributed by atoms with Crippen LogP contribution in [0.3, 0.4) is 0 Å². The van der Waals surface area contributed by atoms with Gasteiger partial charge in [0.15, 0.2) is 23.3 Å². The summed E-state index contributed by atoms with van der Waals surface area (Å²) in [6.07, 6.45) is 2.96. The fourth-order valence-electron chi connectivity index (χ4n) is 3.81. The highest BCUT2D eigenvalue weighted by Crippen LogP contribution is 2.28. The van der Waals surface area contributed by atoms with Crippen molar-refractivity contribution < 1.29 is 4.74 Å². The highest BCUT2D eigenvalue weighted by atomic mass is 16.5. The Morgan fingerprint density at radius 3 is 1.19 bits per heavy atom. The van der Waals surface area contributed by atoms with Crippen molar-refractivity contribution in [3.05, 3.63) is 122 Å². The first-order valence-corrected chi connectivity index (χ1v) is 11.7. The van der Waals surface area contributed by atoms with Gasteiger partial charge in [-0.3, -0.25) is 0 Å². The molecule has 37 heavy (non-hydrogen) atoms. The lowest BCUT2D eigenvalue weighted by Gasteiger charge is -2.10. The lowest BCUT2D eigenvalue weighted by Crippen LogP contribution is -2.00. The van der Waals surface area contributed by atoms with Crippen molar-refractivity contribution in [3.63, 3.8) is 0 Å². The van der Waals surface area contributed by atoms with E-state index in [1.807, 2.05) is 109 Å². The molecule has 0 N–H and O–H groups in total. The molecule has 0 radical (unpaired) electrons. The molecule has 0 aliphatic rings. The number of ether oxygens (including phenoxy) is 1. The second kappa shape index (κ2) is 10.1. The largest absolute Gasteiger partial charge is 0.457 e. The molecular formula is C30H20N6O. The summed E-state index contributed by atoms with van der Waals surface area (Å²) in [6, 6.07) is 35.2. The van der Waals surface area contributed by atoms with Crippen LogP contribution in [-0.4, -0.2) is 29.9 Å². The molecule has 0 saturated carbocycles. The van der Waals surface area contributed by atoms with E-state index in [4.69, 9.17) is 19.7 Å². The van der Waals surface area contributed by atoms with Crippen LogP contribution in [0.1, 0.15) is 0 Å². The molecule has 6 rings (SSSR count). The Balaban J connectivity index is 1.28. The predicted molar refractivity (Wildman–Crippen MR) is 141 cm³/mol. The third-order valence-corrected chi connectivity index (χ3v) is 5.65. The van der Waals surface area contributed by atoms with Gasteiger partial charge in [0.25, 0.3) is 0 Å². The van der Waals surface area contributed by atoms with Gasteiger partial charge in [0.2, 0.25) is 0 Å². The molecule has 0 atom stereocenters. The summed E-state index contributed by atoms with van der Waals surface area (Å²) in [5.74, 6) is 3.89. The number of hydrogen-bond donors (Lipinski definition) is 0. The zero-order valence-electron chi connectivity index (χ0n) is 19.6. The van der Waals surface area contributed by atoms with Crippen LogP contribution in [0.15, 0.2) is 122 Å². The third kappa shape index (κ3) is 5.06. The van der Waals surface area contributed by atoms with Crippen LogP contribution < -0.4 is 4.74 Å². The van der Waals surface area contributed by atoms with E-state index in [2.05, 4.69) is 15.0 Å². The van der Waals surface area contributed by atoms with E-state index in [1.54, 1.807) is 0 Å². The van der Waals surface area contributed by atoms with Crippen LogP contribution in [0.25, 0.3) is 45.6 Å². The Hall–Kier alpha value is -5.30. The fourth-order valence-corrected chi connectivity index (χ4v) is 3.81. The van der Waals surface area contributed by atoms with E-state index in [1.165, 1.54) is 12.7 Å². The number of aromatic nitrogens is 6. The Kier molecular flexibility index (Phi) is 6.07. The lowest BCUT2D eigenvalue weighted by molar-refractivity contribution is 0.483. The van der Waals surface area contributed by atoms with Crippen LogP contribution in [0.2, 0.25) is 0 Å². The minimum atomic E-state index is 0.598. The first kappa shape index (κ1) is 22.2. The summed E-state index contributed by atoms with van der Waals surface area (Å²) in [7, 11) is 0. The molecule has 2 heterocycles. The van der Waals surface area contributed by atoms with Crippen LogP contribution in [0.4, 0.5) is 0 Å². The quantitative estimate of drug-likeness (QED) is 0.268. The van der Waals surface area contributed by atoms with Crippen molar-refractivity contribution in [2.24, 2.45) is 0 Å². The average Bonchev–Trinajstić information content (AvgIpc) is 2.99. The zero-order chi connectivity index (χ0) is 24.9. The van der Waals surface area contributed by atoms with Crippen molar-refractivity contribution in [1.82, 2.24) is 29.9 Å². The van der Waals surface area contributed by atoms with Crippen molar-refractivity contribution in [3.8, 4) is 57.1 Å². The maximum absolute atomic E-state index is 6.04. The predicted octanol–water partition coefficient (Wildman–Crippen LogP) is 6.52. The molecule has 0 aliphatic heterocycles. The molecule has 176 valence electrons. The summed E-state index contributed by atoms with van der Waals surface area (Å²) in [5, 5.41) is 0. The molecule has 2 aromatic heterocycles. The van der Waals surface area contributed by atoms with Gasteiger partial charge < -0.3 is 4.74 Å². The smallest absolute Gasteiger partial charge is 0.164 e. The van der Waals surface area contributed by atoms with E-state index in [-0.39, 0.29) is 0 Å². The molecule has 0 fully saturated rings. The molecule has 0 amide bonds. The van der Waals surface area contributed by atoms with Crippen molar-refractivity contribution in [2.75, 3.05) is 0 Å². The number of nitrogens with zero attached hydrogens (tertiary/aromatic N) is 6. The third-order valence-electron chi connectivity index (χ3n) is 5.65. The normalized spacial score (nSPS) is 10.7. The summed E-state index contributed by atoms with van der Waals surface area (Å²) >= 11 is 0. The minimum absolute atomic E-state index is 0.598. The lowest BCUT2D eigenvalue weighted by atomic mass is 10.1. The SMILES string of the molecule is c1ccc(-c2nc(-c3ccccc3)nc(-c3ccc(Oc4ccc(-c5ncncn5)cc4)cc3)n2)cc1. The van der Waals surface area contributed by atoms with Gasteiger partial charge >= 0.3 is 0 Å². The molecule has 0 spiro atoms. The van der Waals surface area contributed by atoms with Gasteiger partial charge in [0.05, 0.1) is 0 Å². The summed E-state index contributed by atoms with van der Waals surface area (Å²) < 4.78 is 6.04. The van der Waals surface area contributed by atoms with Gasteiger partial charge in [0, 0.05) is 22.3 Å². The molecule has 4 aromatic carbocycles. The Bertz CT molecular complexity index is 1550. The maximum atomic E-state index is 6.04. The van der Waals surface area contributed by atoms with E-state index in [9.17, 15) is 0 Å². The second-order valence-electron chi connectivity index (χ2n) is 8.15. The minimum Gasteiger partial charge on any atom is -0.457 e. The molecule has 7 nitrogen and oxygen atoms in total. The number of benzene rings is 4. The summed E-state index contributed by atoms with van der Waals surface area (Å²) in [6.45, 7) is 0. The molecule has 0 saturated heterocycles. The van der Waals surface area contributed by atoms with Crippen molar-refractivity contribution >= 4 is 0 Å². The first-order chi connectivity index (χ1) is 18.3. The number of rotatable bonds is 6. The summed E-state index contributed by atoms with van der Waals surface area (Å²) in [4.78, 5) is 26.5. The van der Waals surface area contributed by atoms with Gasteiger partial charge in [0.1, 0.15) is 24.2 Å². The van der Waals surface area contributed by atoms with Gasteiger partial charge in [-0.15, -0.1) is 0 Å². The van der Waals surface area contributed by atoms with E-state index in [0.29, 0.717) is 34.8 Å². The van der Waals surface area contributed by atoms with Gasteiger partial charge in [-0.25, -0.2) is 29.9 Å². The topological polar surface area (TPSA) is 86.6 Å². The van der Waals surface area contributed by atoms with Gasteiger partial charge in [-0.1, -0.05) is 60.7 Å². The van der Waals surface area contributed by atoms with Crippen LogP contribution >= 0.6 is 0 Å². The molecular weight excluding hydrogens is 460 g/mol. The molecule has 0 bridgehead atoms. The van der Waals surface area contributed by atoms with Crippen LogP contribution in [0, 0.1) is 0 Å².